The monoisotopic (exact) mass is 509 g/mol. The first kappa shape index (κ1) is 26.9. The first-order chi connectivity index (χ1) is 18.0. The average molecular weight is 510 g/mol. The third-order valence-electron chi connectivity index (χ3n) is 7.66. The number of nitro benzene ring substituents is 1. The Kier molecular flexibility index (Phi) is 9.39. The number of nitrogens with zero attached hydrogens (tertiary/aromatic N) is 3. The van der Waals surface area contributed by atoms with Crippen molar-refractivity contribution in [3.8, 4) is 11.5 Å². The van der Waals surface area contributed by atoms with Gasteiger partial charge in [0.25, 0.3) is 0 Å². The molecule has 2 aromatic rings. The minimum atomic E-state index is -0.471. The van der Waals surface area contributed by atoms with Crippen LogP contribution in [0.3, 0.4) is 0 Å². The molecule has 2 aliphatic rings. The van der Waals surface area contributed by atoms with Crippen LogP contribution in [0.2, 0.25) is 0 Å². The topological polar surface area (TPSA) is 85.2 Å². The van der Waals surface area contributed by atoms with Gasteiger partial charge >= 0.3 is 5.69 Å². The Morgan fingerprint density at radius 3 is 2.35 bits per heavy atom. The molecule has 0 saturated carbocycles. The zero-order valence-electron chi connectivity index (χ0n) is 22.1. The molecule has 0 spiro atoms. The van der Waals surface area contributed by atoms with Gasteiger partial charge in [-0.1, -0.05) is 37.6 Å². The fourth-order valence-corrected chi connectivity index (χ4v) is 5.44. The van der Waals surface area contributed by atoms with Crippen LogP contribution < -0.4 is 9.47 Å². The number of aryl methyl sites for hydroxylation is 1. The molecule has 8 nitrogen and oxygen atoms in total. The predicted octanol–water partition coefficient (Wildman–Crippen LogP) is 5.20. The fourth-order valence-electron chi connectivity index (χ4n) is 5.44. The van der Waals surface area contributed by atoms with Gasteiger partial charge in [0.1, 0.15) is 11.9 Å². The lowest BCUT2D eigenvalue weighted by Crippen LogP contribution is -2.43. The Balaban J connectivity index is 1.16. The molecule has 2 saturated heterocycles. The van der Waals surface area contributed by atoms with Crippen molar-refractivity contribution in [2.45, 2.75) is 63.9 Å². The second-order valence-electron chi connectivity index (χ2n) is 10.1. The summed E-state index contributed by atoms with van der Waals surface area (Å²) in [6.07, 6.45) is 6.65. The lowest BCUT2D eigenvalue weighted by Gasteiger charge is -2.34. The second kappa shape index (κ2) is 12.9. The molecule has 0 radical (unpaired) electrons. The van der Waals surface area contributed by atoms with Crippen molar-refractivity contribution in [3.63, 3.8) is 0 Å². The molecule has 1 amide bonds. The largest absolute Gasteiger partial charge is 0.490 e. The lowest BCUT2D eigenvalue weighted by atomic mass is 9.88. The number of piperidine rings is 2. The second-order valence-corrected chi connectivity index (χ2v) is 10.1. The molecule has 2 heterocycles. The molecule has 2 fully saturated rings. The van der Waals surface area contributed by atoms with E-state index in [0.29, 0.717) is 31.2 Å². The summed E-state index contributed by atoms with van der Waals surface area (Å²) >= 11 is 0. The Hall–Kier alpha value is -3.13. The Labute approximate surface area is 219 Å². The SMILES string of the molecule is CCCc1ccc(C2CCN(CCC(=O)N3CCC(Oc4ccc([N+](=O)[O-])c(OC)c4)CC3)CC2)cc1. The highest BCUT2D eigenvalue weighted by molar-refractivity contribution is 5.76. The zero-order chi connectivity index (χ0) is 26.2. The van der Waals surface area contributed by atoms with Gasteiger partial charge in [-0.05, 0) is 55.5 Å². The van der Waals surface area contributed by atoms with Crippen LogP contribution in [-0.2, 0) is 11.2 Å². The summed E-state index contributed by atoms with van der Waals surface area (Å²) in [5.74, 6) is 1.57. The van der Waals surface area contributed by atoms with Gasteiger partial charge in [-0.15, -0.1) is 0 Å². The van der Waals surface area contributed by atoms with Gasteiger partial charge in [-0.25, -0.2) is 0 Å². The zero-order valence-corrected chi connectivity index (χ0v) is 22.1. The summed E-state index contributed by atoms with van der Waals surface area (Å²) in [6.45, 7) is 6.47. The first-order valence-corrected chi connectivity index (χ1v) is 13.5. The van der Waals surface area contributed by atoms with Crippen LogP contribution in [0.25, 0.3) is 0 Å². The Bertz CT molecular complexity index is 1040. The Morgan fingerprint density at radius 2 is 1.73 bits per heavy atom. The van der Waals surface area contributed by atoms with Crippen LogP contribution in [0.15, 0.2) is 42.5 Å². The number of hydrogen-bond donors (Lipinski definition) is 0. The number of likely N-dealkylation sites (tertiary alicyclic amines) is 2. The quantitative estimate of drug-likeness (QED) is 0.323. The van der Waals surface area contributed by atoms with Crippen LogP contribution >= 0.6 is 0 Å². The minimum absolute atomic E-state index is 0.0229. The lowest BCUT2D eigenvalue weighted by molar-refractivity contribution is -0.385. The molecule has 37 heavy (non-hydrogen) atoms. The van der Waals surface area contributed by atoms with Gasteiger partial charge in [0.15, 0.2) is 0 Å². The molecule has 0 aliphatic carbocycles. The summed E-state index contributed by atoms with van der Waals surface area (Å²) in [6, 6.07) is 13.7. The molecule has 4 rings (SSSR count). The maximum atomic E-state index is 12.8. The molecule has 0 unspecified atom stereocenters. The van der Waals surface area contributed by atoms with Crippen molar-refractivity contribution in [1.82, 2.24) is 9.80 Å². The van der Waals surface area contributed by atoms with E-state index in [1.165, 1.54) is 30.7 Å². The third-order valence-corrected chi connectivity index (χ3v) is 7.66. The van der Waals surface area contributed by atoms with Gasteiger partial charge < -0.3 is 19.3 Å². The van der Waals surface area contributed by atoms with Crippen molar-refractivity contribution in [2.75, 3.05) is 39.8 Å². The molecular weight excluding hydrogens is 470 g/mol. The van der Waals surface area contributed by atoms with Crippen molar-refractivity contribution < 1.29 is 19.2 Å². The maximum Gasteiger partial charge on any atom is 0.311 e. The third kappa shape index (κ3) is 7.22. The number of carbonyl (C=O) groups excluding carboxylic acids is 1. The molecule has 200 valence electrons. The number of methoxy groups -OCH3 is 1. The maximum absolute atomic E-state index is 12.8. The van der Waals surface area contributed by atoms with Gasteiger partial charge in [-0.2, -0.15) is 0 Å². The van der Waals surface area contributed by atoms with E-state index in [2.05, 4.69) is 36.1 Å². The number of hydrogen-bond acceptors (Lipinski definition) is 6. The predicted molar refractivity (Wildman–Crippen MR) is 143 cm³/mol. The number of rotatable bonds is 10. The number of amides is 1. The molecule has 8 heteroatoms. The molecule has 0 bridgehead atoms. The molecule has 2 aromatic carbocycles. The molecule has 0 aromatic heterocycles. The van der Waals surface area contributed by atoms with Crippen LogP contribution in [0, 0.1) is 10.1 Å². The van der Waals surface area contributed by atoms with Crippen molar-refractivity contribution >= 4 is 11.6 Å². The molecule has 2 aliphatic heterocycles. The summed E-state index contributed by atoms with van der Waals surface area (Å²) in [5.41, 5.74) is 2.79. The van der Waals surface area contributed by atoms with Gasteiger partial charge in [0.2, 0.25) is 11.7 Å². The number of nitro groups is 1. The molecule has 0 atom stereocenters. The normalized spacial score (nSPS) is 17.5. The van der Waals surface area contributed by atoms with E-state index in [1.54, 1.807) is 12.1 Å². The van der Waals surface area contributed by atoms with E-state index in [1.807, 2.05) is 4.90 Å². The standard InChI is InChI=1S/C29H39N3O5/c1-3-4-22-5-7-23(8-6-22)24-11-16-30(17-12-24)18-15-29(33)31-19-13-25(14-20-31)37-26-9-10-27(32(34)35)28(21-26)36-2/h5-10,21,24-25H,3-4,11-20H2,1-2H3. The molecule has 0 N–H and O–H groups in total. The summed E-state index contributed by atoms with van der Waals surface area (Å²) in [7, 11) is 1.41. The van der Waals surface area contributed by atoms with Crippen LogP contribution in [0.1, 0.15) is 62.5 Å². The van der Waals surface area contributed by atoms with E-state index < -0.39 is 4.92 Å². The highest BCUT2D eigenvalue weighted by Crippen LogP contribution is 2.32. The smallest absolute Gasteiger partial charge is 0.311 e. The van der Waals surface area contributed by atoms with Gasteiger partial charge in [0.05, 0.1) is 12.0 Å². The van der Waals surface area contributed by atoms with E-state index in [0.717, 1.165) is 51.7 Å². The van der Waals surface area contributed by atoms with E-state index >= 15 is 0 Å². The van der Waals surface area contributed by atoms with Crippen molar-refractivity contribution in [3.05, 3.63) is 63.7 Å². The van der Waals surface area contributed by atoms with E-state index in [-0.39, 0.29) is 23.4 Å². The highest BCUT2D eigenvalue weighted by Gasteiger charge is 2.26. The Morgan fingerprint density at radius 1 is 1.03 bits per heavy atom. The van der Waals surface area contributed by atoms with E-state index in [9.17, 15) is 14.9 Å². The average Bonchev–Trinajstić information content (AvgIpc) is 2.93. The number of ether oxygens (including phenoxy) is 2. The van der Waals surface area contributed by atoms with Crippen LogP contribution in [-0.4, -0.2) is 66.6 Å². The van der Waals surface area contributed by atoms with Gasteiger partial charge in [0, 0.05) is 51.0 Å². The summed E-state index contributed by atoms with van der Waals surface area (Å²) < 4.78 is 11.2. The number of benzene rings is 2. The van der Waals surface area contributed by atoms with Crippen molar-refractivity contribution in [2.24, 2.45) is 0 Å². The molecular formula is C29H39N3O5. The van der Waals surface area contributed by atoms with E-state index in [4.69, 9.17) is 9.47 Å². The summed E-state index contributed by atoms with van der Waals surface area (Å²) in [4.78, 5) is 27.8. The fraction of sp³-hybridized carbons (Fsp3) is 0.552. The van der Waals surface area contributed by atoms with Crippen LogP contribution in [0.4, 0.5) is 5.69 Å². The number of carbonyl (C=O) groups is 1. The van der Waals surface area contributed by atoms with Crippen LogP contribution in [0.5, 0.6) is 11.5 Å². The van der Waals surface area contributed by atoms with Gasteiger partial charge in [-0.3, -0.25) is 14.9 Å². The first-order valence-electron chi connectivity index (χ1n) is 13.5. The summed E-state index contributed by atoms with van der Waals surface area (Å²) in [5, 5.41) is 11.1. The minimum Gasteiger partial charge on any atom is -0.490 e. The highest BCUT2D eigenvalue weighted by atomic mass is 16.6. The van der Waals surface area contributed by atoms with Crippen molar-refractivity contribution in [1.29, 1.82) is 0 Å².